The van der Waals surface area contributed by atoms with Crippen LogP contribution in [0.15, 0.2) is 64.1 Å². The van der Waals surface area contributed by atoms with E-state index in [4.69, 9.17) is 8.71 Å². The predicted octanol–water partition coefficient (Wildman–Crippen LogP) is 3.82. The number of benzene rings is 2. The number of halogens is 1. The summed E-state index contributed by atoms with van der Waals surface area (Å²) in [4.78, 5) is 0.575. The van der Waals surface area contributed by atoms with Crippen LogP contribution in [0.4, 0.5) is 4.39 Å². The van der Waals surface area contributed by atoms with E-state index in [0.29, 0.717) is 10.7 Å². The molecule has 0 fully saturated rings. The van der Waals surface area contributed by atoms with Crippen LogP contribution in [0.3, 0.4) is 0 Å². The number of rotatable bonds is 4. The van der Waals surface area contributed by atoms with E-state index < -0.39 is 11.1 Å². The third-order valence-electron chi connectivity index (χ3n) is 3.19. The lowest BCUT2D eigenvalue weighted by Crippen LogP contribution is -1.92. The molecule has 0 spiro atoms. The first-order valence-corrected chi connectivity index (χ1v) is 7.54. The van der Waals surface area contributed by atoms with Crippen LogP contribution in [0.1, 0.15) is 0 Å². The van der Waals surface area contributed by atoms with Crippen molar-refractivity contribution in [2.45, 2.75) is 4.90 Å². The maximum atomic E-state index is 13.0. The zero-order valence-corrected chi connectivity index (χ0v) is 12.5. The van der Waals surface area contributed by atoms with Crippen LogP contribution in [0.25, 0.3) is 22.5 Å². The van der Waals surface area contributed by atoms with Gasteiger partial charge in [0.15, 0.2) is 16.8 Å². The first-order valence-electron chi connectivity index (χ1n) is 6.46. The molecule has 3 rings (SSSR count). The lowest BCUT2D eigenvalue weighted by Gasteiger charge is -2.03. The summed E-state index contributed by atoms with van der Waals surface area (Å²) in [6.07, 6.45) is 1.60. The summed E-state index contributed by atoms with van der Waals surface area (Å²) in [5.41, 5.74) is 2.37. The lowest BCUT2D eigenvalue weighted by molar-refractivity contribution is 0.432. The summed E-state index contributed by atoms with van der Waals surface area (Å²) >= 11 is -1.47. The molecule has 0 aliphatic rings. The van der Waals surface area contributed by atoms with E-state index in [-0.39, 0.29) is 5.82 Å². The van der Waals surface area contributed by atoms with Crippen LogP contribution >= 0.6 is 0 Å². The van der Waals surface area contributed by atoms with Crippen LogP contribution in [0.5, 0.6) is 0 Å². The Hall–Kier alpha value is -2.31. The van der Waals surface area contributed by atoms with Crippen molar-refractivity contribution in [1.29, 1.82) is 0 Å². The monoisotopic (exact) mass is 317 g/mol. The van der Waals surface area contributed by atoms with Gasteiger partial charge in [0.25, 0.3) is 0 Å². The molecule has 0 aliphatic heterocycles. The molecule has 1 aromatic heterocycles. The standard InChI is InChI=1S/C16H12FNO3S/c1-20-22(19)14-8-4-11(5-9-14)15-10-18-21-16(15)12-2-6-13(17)7-3-12/h2-10H,1H3. The Kier molecular flexibility index (Phi) is 4.13. The molecule has 1 unspecified atom stereocenters. The molecule has 112 valence electrons. The zero-order chi connectivity index (χ0) is 15.5. The highest BCUT2D eigenvalue weighted by molar-refractivity contribution is 7.80. The smallest absolute Gasteiger partial charge is 0.188 e. The highest BCUT2D eigenvalue weighted by Crippen LogP contribution is 2.32. The molecule has 0 radical (unpaired) electrons. The second kappa shape index (κ2) is 6.21. The van der Waals surface area contributed by atoms with Crippen molar-refractivity contribution < 1.29 is 17.3 Å². The second-order valence-electron chi connectivity index (χ2n) is 4.50. The van der Waals surface area contributed by atoms with Crippen molar-refractivity contribution in [3.05, 3.63) is 60.5 Å². The van der Waals surface area contributed by atoms with E-state index >= 15 is 0 Å². The van der Waals surface area contributed by atoms with Crippen molar-refractivity contribution >= 4 is 11.1 Å². The minimum Gasteiger partial charge on any atom is -0.356 e. The van der Waals surface area contributed by atoms with Gasteiger partial charge in [-0.25, -0.2) is 8.60 Å². The van der Waals surface area contributed by atoms with E-state index in [0.717, 1.165) is 16.7 Å². The van der Waals surface area contributed by atoms with Crippen LogP contribution in [-0.4, -0.2) is 16.5 Å². The highest BCUT2D eigenvalue weighted by atomic mass is 32.2. The number of hydrogen-bond donors (Lipinski definition) is 0. The van der Waals surface area contributed by atoms with Crippen molar-refractivity contribution in [1.82, 2.24) is 5.16 Å². The van der Waals surface area contributed by atoms with Gasteiger partial charge in [0.2, 0.25) is 0 Å². The molecule has 1 atom stereocenters. The SMILES string of the molecule is COS(=O)c1ccc(-c2cnoc2-c2ccc(F)cc2)cc1. The largest absolute Gasteiger partial charge is 0.356 e. The molecular weight excluding hydrogens is 305 g/mol. The lowest BCUT2D eigenvalue weighted by atomic mass is 10.0. The molecule has 0 N–H and O–H groups in total. The quantitative estimate of drug-likeness (QED) is 0.734. The zero-order valence-electron chi connectivity index (χ0n) is 11.7. The molecule has 0 bridgehead atoms. The highest BCUT2D eigenvalue weighted by Gasteiger charge is 2.13. The molecule has 1 heterocycles. The molecule has 0 aliphatic carbocycles. The molecule has 6 heteroatoms. The number of hydrogen-bond acceptors (Lipinski definition) is 4. The molecule has 0 saturated heterocycles. The Balaban J connectivity index is 1.98. The fourth-order valence-corrected chi connectivity index (χ4v) is 2.65. The maximum Gasteiger partial charge on any atom is 0.188 e. The first kappa shape index (κ1) is 14.6. The van der Waals surface area contributed by atoms with Crippen LogP contribution in [-0.2, 0) is 15.3 Å². The number of nitrogens with zero attached hydrogens (tertiary/aromatic N) is 1. The maximum absolute atomic E-state index is 13.0. The van der Waals surface area contributed by atoms with Crippen LogP contribution in [0, 0.1) is 5.82 Å². The van der Waals surface area contributed by atoms with Crippen molar-refractivity contribution in [3.8, 4) is 22.5 Å². The fourth-order valence-electron chi connectivity index (χ4n) is 2.10. The Morgan fingerprint density at radius 2 is 1.68 bits per heavy atom. The Bertz CT molecular complexity index is 797. The summed E-state index contributed by atoms with van der Waals surface area (Å²) in [6, 6.07) is 13.1. The molecule has 2 aromatic carbocycles. The summed E-state index contributed by atoms with van der Waals surface area (Å²) in [6.45, 7) is 0. The summed E-state index contributed by atoms with van der Waals surface area (Å²) < 4.78 is 34.6. The minimum absolute atomic E-state index is 0.309. The molecular formula is C16H12FNO3S. The van der Waals surface area contributed by atoms with Gasteiger partial charge in [-0.15, -0.1) is 0 Å². The molecule has 0 amide bonds. The van der Waals surface area contributed by atoms with Crippen LogP contribution in [0.2, 0.25) is 0 Å². The Morgan fingerprint density at radius 1 is 1.05 bits per heavy atom. The van der Waals surface area contributed by atoms with Gasteiger partial charge >= 0.3 is 0 Å². The van der Waals surface area contributed by atoms with Gasteiger partial charge in [-0.1, -0.05) is 17.3 Å². The van der Waals surface area contributed by atoms with E-state index in [1.807, 2.05) is 12.1 Å². The summed E-state index contributed by atoms with van der Waals surface area (Å²) in [5.74, 6) is 0.247. The Morgan fingerprint density at radius 3 is 2.32 bits per heavy atom. The third kappa shape index (κ3) is 2.84. The summed E-state index contributed by atoms with van der Waals surface area (Å²) in [7, 11) is 1.39. The molecule has 3 aromatic rings. The van der Waals surface area contributed by atoms with Gasteiger partial charge in [-0.05, 0) is 42.0 Å². The second-order valence-corrected chi connectivity index (χ2v) is 5.78. The molecule has 22 heavy (non-hydrogen) atoms. The van der Waals surface area contributed by atoms with Crippen molar-refractivity contribution in [2.24, 2.45) is 0 Å². The van der Waals surface area contributed by atoms with Crippen LogP contribution < -0.4 is 0 Å². The van der Waals surface area contributed by atoms with Gasteiger partial charge in [-0.3, -0.25) is 4.18 Å². The van der Waals surface area contributed by atoms with Crippen molar-refractivity contribution in [2.75, 3.05) is 7.11 Å². The summed E-state index contributed by atoms with van der Waals surface area (Å²) in [5, 5.41) is 3.82. The normalized spacial score (nSPS) is 12.3. The van der Waals surface area contributed by atoms with Gasteiger partial charge < -0.3 is 4.52 Å². The fraction of sp³-hybridized carbons (Fsp3) is 0.0625. The third-order valence-corrected chi connectivity index (χ3v) is 4.15. The minimum atomic E-state index is -1.47. The topological polar surface area (TPSA) is 52.3 Å². The van der Waals surface area contributed by atoms with E-state index in [1.165, 1.54) is 19.2 Å². The average Bonchev–Trinajstić information content (AvgIpc) is 3.04. The predicted molar refractivity (Wildman–Crippen MR) is 80.8 cm³/mol. The number of aromatic nitrogens is 1. The molecule has 0 saturated carbocycles. The van der Waals surface area contributed by atoms with Gasteiger partial charge in [0.05, 0.1) is 18.2 Å². The van der Waals surface area contributed by atoms with Gasteiger partial charge in [0, 0.05) is 11.1 Å². The van der Waals surface area contributed by atoms with E-state index in [9.17, 15) is 8.60 Å². The Labute approximate surface area is 129 Å². The molecule has 4 nitrogen and oxygen atoms in total. The first-order chi connectivity index (χ1) is 10.7. The van der Waals surface area contributed by atoms with Gasteiger partial charge in [-0.2, -0.15) is 0 Å². The van der Waals surface area contributed by atoms with E-state index in [1.54, 1.807) is 30.5 Å². The van der Waals surface area contributed by atoms with Gasteiger partial charge in [0.1, 0.15) is 5.82 Å². The van der Waals surface area contributed by atoms with E-state index in [2.05, 4.69) is 5.16 Å². The average molecular weight is 317 g/mol. The van der Waals surface area contributed by atoms with Crippen molar-refractivity contribution in [3.63, 3.8) is 0 Å².